The van der Waals surface area contributed by atoms with Crippen LogP contribution in [0.2, 0.25) is 5.15 Å². The summed E-state index contributed by atoms with van der Waals surface area (Å²) >= 11 is 7.13. The summed E-state index contributed by atoms with van der Waals surface area (Å²) < 4.78 is 0.955. The SMILES string of the molecule is OCC(O)c1cc2nc(Cl)ccc2s1. The maximum absolute atomic E-state index is 9.40. The van der Waals surface area contributed by atoms with Gasteiger partial charge < -0.3 is 10.2 Å². The van der Waals surface area contributed by atoms with Gasteiger partial charge in [0.1, 0.15) is 11.3 Å². The third-order valence-corrected chi connectivity index (χ3v) is 3.26. The Hall–Kier alpha value is -0.680. The van der Waals surface area contributed by atoms with Crippen molar-refractivity contribution in [2.24, 2.45) is 0 Å². The van der Waals surface area contributed by atoms with Gasteiger partial charge in [-0.2, -0.15) is 0 Å². The number of aliphatic hydroxyl groups excluding tert-OH is 2. The van der Waals surface area contributed by atoms with Gasteiger partial charge in [-0.3, -0.25) is 0 Å². The summed E-state index contributed by atoms with van der Waals surface area (Å²) in [6.07, 6.45) is -0.826. The summed E-state index contributed by atoms with van der Waals surface area (Å²) in [5, 5.41) is 18.6. The van der Waals surface area contributed by atoms with E-state index in [0.29, 0.717) is 10.0 Å². The first-order valence-electron chi connectivity index (χ1n) is 4.05. The molecule has 2 heterocycles. The molecule has 1 unspecified atom stereocenters. The Morgan fingerprint density at radius 2 is 2.29 bits per heavy atom. The van der Waals surface area contributed by atoms with E-state index in [2.05, 4.69) is 4.98 Å². The second-order valence-corrected chi connectivity index (χ2v) is 4.37. The molecule has 5 heteroatoms. The van der Waals surface area contributed by atoms with E-state index in [-0.39, 0.29) is 6.61 Å². The molecule has 0 aliphatic rings. The van der Waals surface area contributed by atoms with Crippen LogP contribution in [0, 0.1) is 0 Å². The second-order valence-electron chi connectivity index (χ2n) is 2.86. The molecule has 1 atom stereocenters. The first-order chi connectivity index (χ1) is 6.70. The summed E-state index contributed by atoms with van der Waals surface area (Å²) in [6, 6.07) is 5.30. The molecule has 0 amide bonds. The molecule has 0 saturated heterocycles. The Balaban J connectivity index is 2.51. The molecule has 0 bridgehead atoms. The van der Waals surface area contributed by atoms with Crippen molar-refractivity contribution in [2.45, 2.75) is 6.10 Å². The van der Waals surface area contributed by atoms with Crippen molar-refractivity contribution in [3.05, 3.63) is 28.2 Å². The van der Waals surface area contributed by atoms with Gasteiger partial charge in [0.25, 0.3) is 0 Å². The van der Waals surface area contributed by atoms with E-state index in [0.717, 1.165) is 10.2 Å². The average molecular weight is 230 g/mol. The predicted molar refractivity (Wildman–Crippen MR) is 56.7 cm³/mol. The maximum atomic E-state index is 9.40. The van der Waals surface area contributed by atoms with Gasteiger partial charge >= 0.3 is 0 Å². The third kappa shape index (κ3) is 1.74. The molecule has 0 spiro atoms. The number of halogens is 1. The first-order valence-corrected chi connectivity index (χ1v) is 5.25. The number of pyridine rings is 1. The van der Waals surface area contributed by atoms with E-state index in [1.54, 1.807) is 12.1 Å². The van der Waals surface area contributed by atoms with E-state index in [1.807, 2.05) is 6.07 Å². The molecule has 0 fully saturated rings. The summed E-state index contributed by atoms with van der Waals surface area (Å²) in [6.45, 7) is -0.277. The van der Waals surface area contributed by atoms with Gasteiger partial charge in [-0.15, -0.1) is 11.3 Å². The number of hydrogen-bond donors (Lipinski definition) is 2. The molecule has 0 aliphatic carbocycles. The normalized spacial score (nSPS) is 13.4. The fourth-order valence-electron chi connectivity index (χ4n) is 1.17. The summed E-state index contributed by atoms with van der Waals surface area (Å²) in [4.78, 5) is 4.80. The number of nitrogens with zero attached hydrogens (tertiary/aromatic N) is 1. The molecule has 74 valence electrons. The van der Waals surface area contributed by atoms with Crippen LogP contribution >= 0.6 is 22.9 Å². The number of hydrogen-bond acceptors (Lipinski definition) is 4. The van der Waals surface area contributed by atoms with Crippen LogP contribution in [-0.4, -0.2) is 21.8 Å². The smallest absolute Gasteiger partial charge is 0.129 e. The van der Waals surface area contributed by atoms with Crippen LogP contribution in [0.4, 0.5) is 0 Å². The molecule has 0 aromatic carbocycles. The highest BCUT2D eigenvalue weighted by molar-refractivity contribution is 7.19. The lowest BCUT2D eigenvalue weighted by atomic mass is 10.3. The molecule has 3 nitrogen and oxygen atoms in total. The Bertz CT molecular complexity index is 457. The molecule has 2 aromatic rings. The average Bonchev–Trinajstić information content (AvgIpc) is 2.59. The number of rotatable bonds is 2. The van der Waals surface area contributed by atoms with Crippen LogP contribution in [0.25, 0.3) is 10.2 Å². The molecular weight excluding hydrogens is 222 g/mol. The molecule has 0 radical (unpaired) electrons. The molecular formula is C9H8ClNO2S. The Labute approximate surface area is 89.6 Å². The maximum Gasteiger partial charge on any atom is 0.129 e. The lowest BCUT2D eigenvalue weighted by molar-refractivity contribution is 0.0984. The fraction of sp³-hybridized carbons (Fsp3) is 0.222. The van der Waals surface area contributed by atoms with Crippen LogP contribution in [0.3, 0.4) is 0 Å². The van der Waals surface area contributed by atoms with Crippen molar-refractivity contribution in [3.63, 3.8) is 0 Å². The zero-order valence-corrected chi connectivity index (χ0v) is 8.72. The van der Waals surface area contributed by atoms with Crippen molar-refractivity contribution in [3.8, 4) is 0 Å². The number of thiophene rings is 1. The number of fused-ring (bicyclic) bond motifs is 1. The minimum Gasteiger partial charge on any atom is -0.393 e. The van der Waals surface area contributed by atoms with Crippen molar-refractivity contribution >= 4 is 33.2 Å². The zero-order chi connectivity index (χ0) is 10.1. The summed E-state index contributed by atoms with van der Waals surface area (Å²) in [7, 11) is 0. The molecule has 14 heavy (non-hydrogen) atoms. The van der Waals surface area contributed by atoms with Crippen LogP contribution in [0.5, 0.6) is 0 Å². The quantitative estimate of drug-likeness (QED) is 0.775. The minimum absolute atomic E-state index is 0.277. The molecule has 2 aromatic heterocycles. The van der Waals surface area contributed by atoms with Gasteiger partial charge in [0.15, 0.2) is 0 Å². The van der Waals surface area contributed by atoms with E-state index in [4.69, 9.17) is 16.7 Å². The van der Waals surface area contributed by atoms with Gasteiger partial charge in [0.05, 0.1) is 16.8 Å². The number of aliphatic hydroxyl groups is 2. The molecule has 2 rings (SSSR count). The van der Waals surface area contributed by atoms with Crippen LogP contribution in [0.15, 0.2) is 18.2 Å². The zero-order valence-electron chi connectivity index (χ0n) is 7.14. The molecule has 0 saturated carbocycles. The van der Waals surface area contributed by atoms with E-state index < -0.39 is 6.10 Å². The Morgan fingerprint density at radius 3 is 3.00 bits per heavy atom. The van der Waals surface area contributed by atoms with Crippen LogP contribution in [-0.2, 0) is 0 Å². The van der Waals surface area contributed by atoms with Crippen molar-refractivity contribution in [2.75, 3.05) is 6.61 Å². The van der Waals surface area contributed by atoms with Gasteiger partial charge in [0.2, 0.25) is 0 Å². The van der Waals surface area contributed by atoms with E-state index in [1.165, 1.54) is 11.3 Å². The van der Waals surface area contributed by atoms with Crippen LogP contribution in [0.1, 0.15) is 11.0 Å². The summed E-state index contributed by atoms with van der Waals surface area (Å²) in [5.41, 5.74) is 0.755. The first kappa shape index (κ1) is 9.86. The molecule has 0 aliphatic heterocycles. The molecule has 2 N–H and O–H groups in total. The lowest BCUT2D eigenvalue weighted by Gasteiger charge is -2.00. The van der Waals surface area contributed by atoms with Gasteiger partial charge in [-0.25, -0.2) is 4.98 Å². The monoisotopic (exact) mass is 229 g/mol. The third-order valence-electron chi connectivity index (χ3n) is 1.86. The lowest BCUT2D eigenvalue weighted by Crippen LogP contribution is -1.98. The van der Waals surface area contributed by atoms with Gasteiger partial charge in [-0.05, 0) is 18.2 Å². The van der Waals surface area contributed by atoms with Crippen molar-refractivity contribution in [1.29, 1.82) is 0 Å². The van der Waals surface area contributed by atoms with Gasteiger partial charge in [0, 0.05) is 4.88 Å². The van der Waals surface area contributed by atoms with E-state index in [9.17, 15) is 5.11 Å². The highest BCUT2D eigenvalue weighted by Gasteiger charge is 2.10. The Kier molecular flexibility index (Phi) is 2.69. The standard InChI is InChI=1S/C9H8ClNO2S/c10-9-2-1-7-5(11-9)3-8(14-7)6(13)4-12/h1-3,6,12-13H,4H2. The summed E-state index contributed by atoms with van der Waals surface area (Å²) in [5.74, 6) is 0. The van der Waals surface area contributed by atoms with Crippen molar-refractivity contribution < 1.29 is 10.2 Å². The minimum atomic E-state index is -0.826. The second kappa shape index (κ2) is 3.82. The largest absolute Gasteiger partial charge is 0.393 e. The fourth-order valence-corrected chi connectivity index (χ4v) is 2.31. The van der Waals surface area contributed by atoms with E-state index >= 15 is 0 Å². The Morgan fingerprint density at radius 1 is 1.50 bits per heavy atom. The highest BCUT2D eigenvalue weighted by atomic mass is 35.5. The highest BCUT2D eigenvalue weighted by Crippen LogP contribution is 2.29. The van der Waals surface area contributed by atoms with Gasteiger partial charge in [-0.1, -0.05) is 11.6 Å². The van der Waals surface area contributed by atoms with Crippen LogP contribution < -0.4 is 0 Å². The van der Waals surface area contributed by atoms with Crippen molar-refractivity contribution in [1.82, 2.24) is 4.98 Å². The number of aromatic nitrogens is 1. The topological polar surface area (TPSA) is 53.4 Å². The predicted octanol–water partition coefficient (Wildman–Crippen LogP) is 1.98.